The van der Waals surface area contributed by atoms with Crippen molar-refractivity contribution in [2.24, 2.45) is 5.90 Å². The van der Waals surface area contributed by atoms with Gasteiger partial charge in [0, 0.05) is 0 Å². The summed E-state index contributed by atoms with van der Waals surface area (Å²) in [5.74, 6) is 3.50. The van der Waals surface area contributed by atoms with Crippen molar-refractivity contribution in [2.45, 2.75) is 0 Å². The van der Waals surface area contributed by atoms with Crippen LogP contribution in [0.2, 0.25) is 0 Å². The molecule has 0 amide bonds. The van der Waals surface area contributed by atoms with Crippen LogP contribution in [-0.4, -0.2) is 35.9 Å². The van der Waals surface area contributed by atoms with Gasteiger partial charge in [-0.2, -0.15) is 0 Å². The second-order valence-electron chi connectivity index (χ2n) is 3.23. The summed E-state index contributed by atoms with van der Waals surface area (Å²) in [6, 6.07) is 0. The quantitative estimate of drug-likeness (QED) is 0.366. The fourth-order valence-corrected chi connectivity index (χ4v) is 1.54. The highest BCUT2D eigenvalue weighted by atomic mass is 16.4. The van der Waals surface area contributed by atoms with Crippen LogP contribution < -0.4 is 5.90 Å². The molecule has 0 aliphatic carbocycles. The second kappa shape index (κ2) is 10.9. The van der Waals surface area contributed by atoms with Gasteiger partial charge in [-0.25, -0.2) is 5.90 Å². The van der Waals surface area contributed by atoms with Crippen molar-refractivity contribution in [3.05, 3.63) is 50.6 Å². The van der Waals surface area contributed by atoms with Crippen molar-refractivity contribution < 1.29 is 9.69 Å². The molecule has 3 N–H and O–H groups in total. The highest BCUT2D eigenvalue weighted by molar-refractivity contribution is 4.79. The molecule has 86 valence electrons. The first kappa shape index (κ1) is 16.3. The van der Waals surface area contributed by atoms with Gasteiger partial charge in [-0.3, -0.25) is 0 Å². The van der Waals surface area contributed by atoms with Crippen LogP contribution in [0.3, 0.4) is 0 Å². The standard InChI is InChI=1S/C12H20N.H3NO/c1-5-9-13(10-6-2,11-7-3)12-8-4;1-2/h5-8H,1-4,9-12H2;2H,1H2/q+1;. The molecule has 0 aromatic heterocycles. The zero-order valence-corrected chi connectivity index (χ0v) is 9.44. The van der Waals surface area contributed by atoms with Crippen LogP contribution in [0, 0.1) is 0 Å². The zero-order chi connectivity index (χ0) is 12.2. The Morgan fingerprint density at radius 2 is 0.933 bits per heavy atom. The Kier molecular flexibility index (Phi) is 11.8. The first-order chi connectivity index (χ1) is 7.24. The van der Waals surface area contributed by atoms with Crippen LogP contribution >= 0.6 is 0 Å². The van der Waals surface area contributed by atoms with Gasteiger partial charge in [0.2, 0.25) is 0 Å². The van der Waals surface area contributed by atoms with E-state index >= 15 is 0 Å². The van der Waals surface area contributed by atoms with Crippen molar-refractivity contribution in [1.29, 1.82) is 0 Å². The molecular formula is C12H23N2O+. The van der Waals surface area contributed by atoms with Gasteiger partial charge in [-0.1, -0.05) is 26.3 Å². The normalized spacial score (nSPS) is 9.47. The molecule has 3 heteroatoms. The topological polar surface area (TPSA) is 46.2 Å². The summed E-state index contributed by atoms with van der Waals surface area (Å²) in [6.45, 7) is 18.8. The van der Waals surface area contributed by atoms with Gasteiger partial charge < -0.3 is 9.69 Å². The third kappa shape index (κ3) is 6.85. The van der Waals surface area contributed by atoms with Crippen LogP contribution in [0.1, 0.15) is 0 Å². The summed E-state index contributed by atoms with van der Waals surface area (Å²) < 4.78 is 0.903. The maximum absolute atomic E-state index is 6.50. The fourth-order valence-electron chi connectivity index (χ4n) is 1.54. The maximum Gasteiger partial charge on any atom is 0.0978 e. The van der Waals surface area contributed by atoms with Gasteiger partial charge in [-0.05, 0) is 24.3 Å². The van der Waals surface area contributed by atoms with Crippen LogP contribution in [-0.2, 0) is 0 Å². The number of quaternary nitrogens is 1. The van der Waals surface area contributed by atoms with E-state index in [1.165, 1.54) is 0 Å². The Labute approximate surface area is 93.1 Å². The van der Waals surface area contributed by atoms with Crippen molar-refractivity contribution in [3.63, 3.8) is 0 Å². The minimum atomic E-state index is 0.903. The van der Waals surface area contributed by atoms with Crippen molar-refractivity contribution in [3.8, 4) is 0 Å². The first-order valence-corrected chi connectivity index (χ1v) is 4.79. The molecule has 15 heavy (non-hydrogen) atoms. The highest BCUT2D eigenvalue weighted by Crippen LogP contribution is 2.07. The molecule has 0 aliphatic heterocycles. The smallest absolute Gasteiger partial charge is 0.0978 e. The molecular weight excluding hydrogens is 188 g/mol. The molecule has 0 aromatic carbocycles. The summed E-state index contributed by atoms with van der Waals surface area (Å²) in [7, 11) is 0. The lowest BCUT2D eigenvalue weighted by Crippen LogP contribution is -2.48. The van der Waals surface area contributed by atoms with E-state index in [1.807, 2.05) is 24.3 Å². The maximum atomic E-state index is 6.50. The number of hydrogen-bond donors (Lipinski definition) is 2. The summed E-state index contributed by atoms with van der Waals surface area (Å²) >= 11 is 0. The third-order valence-electron chi connectivity index (χ3n) is 2.07. The molecule has 0 heterocycles. The molecule has 3 nitrogen and oxygen atoms in total. The van der Waals surface area contributed by atoms with Gasteiger partial charge in [0.05, 0.1) is 26.2 Å². The lowest BCUT2D eigenvalue weighted by molar-refractivity contribution is -0.906. The van der Waals surface area contributed by atoms with Crippen LogP contribution in [0.25, 0.3) is 0 Å². The first-order valence-electron chi connectivity index (χ1n) is 4.79. The molecule has 0 radical (unpaired) electrons. The molecule has 0 saturated heterocycles. The van der Waals surface area contributed by atoms with E-state index in [0.717, 1.165) is 30.7 Å². The Morgan fingerprint density at radius 1 is 0.733 bits per heavy atom. The molecule has 0 rings (SSSR count). The van der Waals surface area contributed by atoms with Crippen LogP contribution in [0.5, 0.6) is 0 Å². The molecule has 0 unspecified atom stereocenters. The number of nitrogens with two attached hydrogens (primary N) is 1. The van der Waals surface area contributed by atoms with E-state index in [4.69, 9.17) is 5.21 Å². The Balaban J connectivity index is 0. The largest absolute Gasteiger partial charge is 0.320 e. The lowest BCUT2D eigenvalue weighted by atomic mass is 10.3. The van der Waals surface area contributed by atoms with E-state index in [0.29, 0.717) is 0 Å². The Morgan fingerprint density at radius 3 is 1.07 bits per heavy atom. The van der Waals surface area contributed by atoms with Crippen LogP contribution in [0.15, 0.2) is 50.6 Å². The Hall–Kier alpha value is -1.16. The average Bonchev–Trinajstić information content (AvgIpc) is 2.22. The molecule has 0 aromatic rings. The van der Waals surface area contributed by atoms with E-state index < -0.39 is 0 Å². The van der Waals surface area contributed by atoms with Crippen LogP contribution in [0.4, 0.5) is 0 Å². The van der Waals surface area contributed by atoms with Gasteiger partial charge in [0.1, 0.15) is 0 Å². The van der Waals surface area contributed by atoms with E-state index in [-0.39, 0.29) is 0 Å². The predicted molar refractivity (Wildman–Crippen MR) is 66.5 cm³/mol. The average molecular weight is 211 g/mol. The molecule has 0 saturated carbocycles. The van der Waals surface area contributed by atoms with Gasteiger partial charge >= 0.3 is 0 Å². The van der Waals surface area contributed by atoms with Gasteiger partial charge in [0.15, 0.2) is 0 Å². The SMILES string of the molecule is C=CC[N+](CC=C)(CC=C)CC=C.NO. The molecule has 0 fully saturated rings. The number of nitrogens with zero attached hydrogens (tertiary/aromatic N) is 1. The zero-order valence-electron chi connectivity index (χ0n) is 9.44. The summed E-state index contributed by atoms with van der Waals surface area (Å²) in [5, 5.41) is 6.50. The lowest BCUT2D eigenvalue weighted by Gasteiger charge is -2.35. The number of hydrogen-bond acceptors (Lipinski definition) is 2. The number of rotatable bonds is 8. The van der Waals surface area contributed by atoms with Crippen molar-refractivity contribution >= 4 is 0 Å². The Bertz CT molecular complexity index is 154. The van der Waals surface area contributed by atoms with E-state index in [1.54, 1.807) is 0 Å². The third-order valence-corrected chi connectivity index (χ3v) is 2.07. The minimum Gasteiger partial charge on any atom is -0.320 e. The molecule has 0 atom stereocenters. The highest BCUT2D eigenvalue weighted by Gasteiger charge is 2.20. The fraction of sp³-hybridized carbons (Fsp3) is 0.333. The minimum absolute atomic E-state index is 0.903. The second-order valence-corrected chi connectivity index (χ2v) is 3.23. The molecule has 0 bridgehead atoms. The van der Waals surface area contributed by atoms with Gasteiger partial charge in [0.25, 0.3) is 0 Å². The van der Waals surface area contributed by atoms with Gasteiger partial charge in [-0.15, -0.1) is 0 Å². The molecule has 0 aliphatic rings. The van der Waals surface area contributed by atoms with E-state index in [2.05, 4.69) is 32.2 Å². The summed E-state index contributed by atoms with van der Waals surface area (Å²) in [6.07, 6.45) is 7.76. The predicted octanol–water partition coefficient (Wildman–Crippen LogP) is 1.88. The van der Waals surface area contributed by atoms with Crippen molar-refractivity contribution in [2.75, 3.05) is 26.2 Å². The summed E-state index contributed by atoms with van der Waals surface area (Å²) in [4.78, 5) is 0. The molecule has 0 spiro atoms. The van der Waals surface area contributed by atoms with E-state index in [9.17, 15) is 0 Å². The summed E-state index contributed by atoms with van der Waals surface area (Å²) in [5.41, 5.74) is 0. The monoisotopic (exact) mass is 211 g/mol. The van der Waals surface area contributed by atoms with Crippen molar-refractivity contribution in [1.82, 2.24) is 0 Å².